The molecule has 6 unspecified atom stereocenters. The molecule has 4 aliphatic heterocycles. The van der Waals surface area contributed by atoms with E-state index in [4.69, 9.17) is 17.3 Å². The van der Waals surface area contributed by atoms with E-state index in [-0.39, 0.29) is 35.5 Å². The standard InChI is InChI=1S/C18H34ClN7O2/c1-18(28)3-6-25(7-4-18)13-2-5-21-9-12(13)23-17(27)14-15(20)24-26-10-11(19)8-22-16(14)26/h11-16,21-22,24,28H,2-10,20H2,1H3,(H,23,27). The minimum Gasteiger partial charge on any atom is -0.390 e. The van der Waals surface area contributed by atoms with Crippen molar-refractivity contribution in [2.75, 3.05) is 39.3 Å². The number of alkyl halides is 1. The van der Waals surface area contributed by atoms with Gasteiger partial charge < -0.3 is 21.5 Å². The van der Waals surface area contributed by atoms with Crippen LogP contribution >= 0.6 is 11.6 Å². The SMILES string of the molecule is CC1(O)CCN(C2CCNCC2NC(=O)C2C(N)NN3CC(Cl)CNC23)CC1. The predicted molar refractivity (Wildman–Crippen MR) is 107 cm³/mol. The van der Waals surface area contributed by atoms with Crippen molar-refractivity contribution in [1.29, 1.82) is 0 Å². The summed E-state index contributed by atoms with van der Waals surface area (Å²) in [5, 5.41) is 22.2. The molecule has 0 aromatic carbocycles. The number of rotatable bonds is 3. The Labute approximate surface area is 171 Å². The van der Waals surface area contributed by atoms with E-state index in [0.717, 1.165) is 45.4 Å². The lowest BCUT2D eigenvalue weighted by molar-refractivity contribution is -0.128. The number of piperidine rings is 2. The van der Waals surface area contributed by atoms with Gasteiger partial charge in [-0.1, -0.05) is 0 Å². The largest absolute Gasteiger partial charge is 0.390 e. The van der Waals surface area contributed by atoms with Crippen LogP contribution in [0.4, 0.5) is 0 Å². The molecule has 6 atom stereocenters. The number of carbonyl (C=O) groups excluding carboxylic acids is 1. The van der Waals surface area contributed by atoms with Gasteiger partial charge in [0.1, 0.15) is 0 Å². The number of hydrogen-bond acceptors (Lipinski definition) is 8. The number of hydrogen-bond donors (Lipinski definition) is 6. The first-order valence-corrected chi connectivity index (χ1v) is 10.9. The fourth-order valence-electron chi connectivity index (χ4n) is 5.02. The monoisotopic (exact) mass is 415 g/mol. The number of aliphatic hydroxyl groups is 1. The maximum Gasteiger partial charge on any atom is 0.229 e. The number of amides is 1. The molecule has 28 heavy (non-hydrogen) atoms. The van der Waals surface area contributed by atoms with Gasteiger partial charge >= 0.3 is 0 Å². The van der Waals surface area contributed by atoms with E-state index in [2.05, 4.69) is 26.3 Å². The second kappa shape index (κ2) is 8.31. The van der Waals surface area contributed by atoms with Gasteiger partial charge in [-0.05, 0) is 32.7 Å². The quantitative estimate of drug-likeness (QED) is 0.291. The van der Waals surface area contributed by atoms with Crippen molar-refractivity contribution in [3.8, 4) is 0 Å². The molecule has 160 valence electrons. The van der Waals surface area contributed by atoms with Crippen LogP contribution in [0.15, 0.2) is 0 Å². The second-order valence-electron chi connectivity index (χ2n) is 8.99. The minimum atomic E-state index is -0.569. The minimum absolute atomic E-state index is 0.000924. The average Bonchev–Trinajstić information content (AvgIpc) is 2.97. The molecule has 4 heterocycles. The van der Waals surface area contributed by atoms with Gasteiger partial charge in [0.15, 0.2) is 0 Å². The van der Waals surface area contributed by atoms with Gasteiger partial charge in [-0.3, -0.25) is 15.0 Å². The number of carbonyl (C=O) groups is 1. The molecular formula is C18H34ClN7O2. The predicted octanol–water partition coefficient (Wildman–Crippen LogP) is -2.06. The van der Waals surface area contributed by atoms with Gasteiger partial charge in [0.25, 0.3) is 0 Å². The van der Waals surface area contributed by atoms with Crippen LogP contribution < -0.4 is 27.1 Å². The first kappa shape index (κ1) is 20.7. The van der Waals surface area contributed by atoms with Crippen LogP contribution in [-0.4, -0.2) is 95.6 Å². The molecule has 1 amide bonds. The highest BCUT2D eigenvalue weighted by Gasteiger charge is 2.47. The van der Waals surface area contributed by atoms with E-state index >= 15 is 0 Å². The molecule has 0 aromatic heterocycles. The first-order valence-electron chi connectivity index (χ1n) is 10.5. The summed E-state index contributed by atoms with van der Waals surface area (Å²) in [6.45, 7) is 6.68. The van der Waals surface area contributed by atoms with Crippen LogP contribution in [0.3, 0.4) is 0 Å². The summed E-state index contributed by atoms with van der Waals surface area (Å²) in [5.74, 6) is -0.385. The Morgan fingerprint density at radius 2 is 2.07 bits per heavy atom. The van der Waals surface area contributed by atoms with Crippen LogP contribution in [-0.2, 0) is 4.79 Å². The Balaban J connectivity index is 1.39. The van der Waals surface area contributed by atoms with Crippen molar-refractivity contribution >= 4 is 17.5 Å². The molecule has 0 aliphatic carbocycles. The molecular weight excluding hydrogens is 382 g/mol. The molecule has 0 spiro atoms. The van der Waals surface area contributed by atoms with Crippen LogP contribution in [0.25, 0.3) is 0 Å². The highest BCUT2D eigenvalue weighted by molar-refractivity contribution is 6.21. The van der Waals surface area contributed by atoms with Gasteiger partial charge in [0, 0.05) is 38.8 Å². The molecule has 0 radical (unpaired) electrons. The molecule has 4 aliphatic rings. The van der Waals surface area contributed by atoms with Gasteiger partial charge in [-0.25, -0.2) is 10.4 Å². The lowest BCUT2D eigenvalue weighted by Crippen LogP contribution is -2.64. The van der Waals surface area contributed by atoms with Gasteiger partial charge in [0.05, 0.1) is 35.3 Å². The zero-order valence-corrected chi connectivity index (χ0v) is 17.3. The third-order valence-electron chi connectivity index (χ3n) is 6.74. The summed E-state index contributed by atoms with van der Waals surface area (Å²) < 4.78 is 0. The molecule has 4 fully saturated rings. The van der Waals surface area contributed by atoms with Crippen molar-refractivity contribution in [2.24, 2.45) is 11.7 Å². The zero-order chi connectivity index (χ0) is 19.9. The molecule has 4 rings (SSSR count). The Bertz CT molecular complexity index is 570. The fourth-order valence-corrected chi connectivity index (χ4v) is 5.26. The smallest absolute Gasteiger partial charge is 0.229 e. The molecule has 0 bridgehead atoms. The van der Waals surface area contributed by atoms with Crippen molar-refractivity contribution < 1.29 is 9.90 Å². The number of nitrogens with one attached hydrogen (secondary N) is 4. The number of nitrogens with zero attached hydrogens (tertiary/aromatic N) is 2. The Morgan fingerprint density at radius 1 is 1.32 bits per heavy atom. The number of likely N-dealkylation sites (tertiary alicyclic amines) is 1. The third-order valence-corrected chi connectivity index (χ3v) is 7.03. The molecule has 0 saturated carbocycles. The van der Waals surface area contributed by atoms with Crippen molar-refractivity contribution in [3.63, 3.8) is 0 Å². The van der Waals surface area contributed by atoms with Crippen molar-refractivity contribution in [3.05, 3.63) is 0 Å². The van der Waals surface area contributed by atoms with E-state index in [1.54, 1.807) is 0 Å². The summed E-state index contributed by atoms with van der Waals surface area (Å²) in [4.78, 5) is 15.6. The fraction of sp³-hybridized carbons (Fsp3) is 0.944. The van der Waals surface area contributed by atoms with Gasteiger partial charge in [0.2, 0.25) is 5.91 Å². The summed E-state index contributed by atoms with van der Waals surface area (Å²) in [6, 6.07) is 0.324. The number of halogens is 1. The third kappa shape index (κ3) is 4.32. The maximum absolute atomic E-state index is 13.2. The van der Waals surface area contributed by atoms with Crippen LogP contribution in [0, 0.1) is 5.92 Å². The van der Waals surface area contributed by atoms with Crippen molar-refractivity contribution in [2.45, 2.75) is 61.6 Å². The summed E-state index contributed by atoms with van der Waals surface area (Å²) in [5.41, 5.74) is 8.87. The van der Waals surface area contributed by atoms with Gasteiger partial charge in [-0.15, -0.1) is 11.6 Å². The molecule has 7 N–H and O–H groups in total. The highest BCUT2D eigenvalue weighted by Crippen LogP contribution is 2.26. The zero-order valence-electron chi connectivity index (χ0n) is 16.5. The van der Waals surface area contributed by atoms with Crippen LogP contribution in [0.5, 0.6) is 0 Å². The van der Waals surface area contributed by atoms with Crippen LogP contribution in [0.1, 0.15) is 26.2 Å². The first-order chi connectivity index (χ1) is 13.3. The van der Waals surface area contributed by atoms with E-state index in [1.165, 1.54) is 0 Å². The van der Waals surface area contributed by atoms with E-state index in [0.29, 0.717) is 13.1 Å². The van der Waals surface area contributed by atoms with Crippen molar-refractivity contribution in [1.82, 2.24) is 31.3 Å². The Hall–Kier alpha value is -0.520. The number of nitrogens with two attached hydrogens (primary N) is 1. The average molecular weight is 416 g/mol. The van der Waals surface area contributed by atoms with Crippen LogP contribution in [0.2, 0.25) is 0 Å². The lowest BCUT2D eigenvalue weighted by atomic mass is 9.89. The Kier molecular flexibility index (Phi) is 6.16. The summed E-state index contributed by atoms with van der Waals surface area (Å²) in [7, 11) is 0. The topological polar surface area (TPSA) is 118 Å². The summed E-state index contributed by atoms with van der Waals surface area (Å²) >= 11 is 6.22. The molecule has 10 heteroatoms. The lowest BCUT2D eigenvalue weighted by Gasteiger charge is -2.45. The molecule has 0 aromatic rings. The van der Waals surface area contributed by atoms with E-state index in [1.807, 2.05) is 11.9 Å². The highest BCUT2D eigenvalue weighted by atomic mass is 35.5. The Morgan fingerprint density at radius 3 is 2.82 bits per heavy atom. The normalized spacial score (nSPS) is 42.1. The summed E-state index contributed by atoms with van der Waals surface area (Å²) in [6.07, 6.45) is 1.97. The number of hydrazine groups is 1. The van der Waals surface area contributed by atoms with E-state index < -0.39 is 11.8 Å². The maximum atomic E-state index is 13.2. The number of fused-ring (bicyclic) bond motifs is 1. The van der Waals surface area contributed by atoms with E-state index in [9.17, 15) is 9.90 Å². The second-order valence-corrected chi connectivity index (χ2v) is 9.61. The molecule has 9 nitrogen and oxygen atoms in total. The van der Waals surface area contributed by atoms with Gasteiger partial charge in [-0.2, -0.15) is 0 Å². The molecule has 4 saturated heterocycles.